The van der Waals surface area contributed by atoms with Crippen LogP contribution in [0.4, 0.5) is 13.9 Å². The molecule has 2 N–H and O–H groups in total. The number of nitrogens with zero attached hydrogens (tertiary/aromatic N) is 3. The number of hydrogen-bond acceptors (Lipinski definition) is 6. The molecule has 0 fully saturated rings. The van der Waals surface area contributed by atoms with Crippen molar-refractivity contribution in [2.75, 3.05) is 5.32 Å². The van der Waals surface area contributed by atoms with Crippen molar-refractivity contribution < 1.29 is 18.7 Å². The molecule has 2 aromatic heterocycles. The molecule has 150 valence electrons. The molecule has 10 heteroatoms. The minimum atomic E-state index is -0.897. The molecule has 0 bridgehead atoms. The maximum Gasteiger partial charge on any atom is 0.249 e. The van der Waals surface area contributed by atoms with Gasteiger partial charge in [-0.05, 0) is 24.3 Å². The molecular weight excluding hydrogens is 434 g/mol. The van der Waals surface area contributed by atoms with Gasteiger partial charge in [0.25, 0.3) is 0 Å². The first-order chi connectivity index (χ1) is 14.4. The lowest BCUT2D eigenvalue weighted by atomic mass is 10.00. The van der Waals surface area contributed by atoms with Crippen LogP contribution in [0.25, 0.3) is 32.6 Å². The van der Waals surface area contributed by atoms with Crippen LogP contribution in [0.2, 0.25) is 5.02 Å². The molecule has 0 aliphatic heterocycles. The average molecular weight is 445 g/mol. The molecule has 0 aliphatic rings. The molecule has 6 nitrogen and oxygen atoms in total. The normalized spacial score (nSPS) is 10.9. The van der Waals surface area contributed by atoms with Crippen LogP contribution in [0.3, 0.4) is 0 Å². The van der Waals surface area contributed by atoms with Gasteiger partial charge in [0.2, 0.25) is 5.91 Å². The van der Waals surface area contributed by atoms with E-state index in [9.17, 15) is 14.3 Å². The highest BCUT2D eigenvalue weighted by atomic mass is 35.5. The zero-order valence-corrected chi connectivity index (χ0v) is 16.6. The number of aromatic nitrogens is 3. The van der Waals surface area contributed by atoms with E-state index in [2.05, 4.69) is 26.8 Å². The van der Waals surface area contributed by atoms with Gasteiger partial charge in [-0.1, -0.05) is 35.6 Å². The number of phenols is 1. The van der Waals surface area contributed by atoms with E-state index in [0.29, 0.717) is 15.7 Å². The number of carbonyl (C=O) groups is 1. The molecule has 30 heavy (non-hydrogen) atoms. The number of halogens is 3. The topological polar surface area (TPSA) is 88.0 Å². The summed E-state index contributed by atoms with van der Waals surface area (Å²) in [6, 6.07) is 5.03. The monoisotopic (exact) mass is 444 g/mol. The summed E-state index contributed by atoms with van der Waals surface area (Å²) in [5.41, 5.74) is -0.421. The molecule has 2 heterocycles. The summed E-state index contributed by atoms with van der Waals surface area (Å²) in [5.74, 6) is -2.60. The Labute approximate surface area is 177 Å². The second kappa shape index (κ2) is 7.77. The summed E-state index contributed by atoms with van der Waals surface area (Å²) in [7, 11) is 0. The molecule has 1 amide bonds. The van der Waals surface area contributed by atoms with Crippen LogP contribution in [-0.4, -0.2) is 26.0 Å². The highest BCUT2D eigenvalue weighted by Gasteiger charge is 2.23. The third-order valence-corrected chi connectivity index (χ3v) is 5.44. The Hall–Kier alpha value is -3.43. The van der Waals surface area contributed by atoms with Gasteiger partial charge in [-0.2, -0.15) is 0 Å². The number of carbonyl (C=O) groups excluding carboxylic acids is 1. The van der Waals surface area contributed by atoms with E-state index < -0.39 is 23.3 Å². The standard InChI is InChI=1S/C20H11ClF2N4O2S/c1-2-14(29)27-20-24-7-13(30-20)18-9-6-10(21)15(17(23)19(9)26-8-25-18)16-11(22)4-3-5-12(16)28/h2-8,28H,1H2,(H,24,27,29). The predicted octanol–water partition coefficient (Wildman–Crippen LogP) is 5.18. The molecule has 0 radical (unpaired) electrons. The average Bonchev–Trinajstić information content (AvgIpc) is 3.17. The second-order valence-corrected chi connectivity index (χ2v) is 7.46. The third kappa shape index (κ3) is 3.38. The Kier molecular flexibility index (Phi) is 5.15. The van der Waals surface area contributed by atoms with E-state index in [1.165, 1.54) is 24.4 Å². The molecule has 0 saturated heterocycles. The summed E-state index contributed by atoms with van der Waals surface area (Å²) in [5, 5.41) is 13.0. The number of hydrogen-bond donors (Lipinski definition) is 2. The van der Waals surface area contributed by atoms with Crippen LogP contribution < -0.4 is 5.32 Å². The lowest BCUT2D eigenvalue weighted by Crippen LogP contribution is -2.06. The summed E-state index contributed by atoms with van der Waals surface area (Å²) in [6.45, 7) is 3.37. The van der Waals surface area contributed by atoms with Gasteiger partial charge >= 0.3 is 0 Å². The Balaban J connectivity index is 1.90. The molecule has 2 aromatic carbocycles. The van der Waals surface area contributed by atoms with Crippen molar-refractivity contribution in [2.24, 2.45) is 0 Å². The molecule has 0 atom stereocenters. The number of aromatic hydroxyl groups is 1. The molecule has 4 aromatic rings. The van der Waals surface area contributed by atoms with Crippen LogP contribution in [0.5, 0.6) is 5.75 Å². The second-order valence-electron chi connectivity index (χ2n) is 6.02. The largest absolute Gasteiger partial charge is 0.507 e. The zero-order chi connectivity index (χ0) is 21.4. The van der Waals surface area contributed by atoms with Gasteiger partial charge < -0.3 is 5.11 Å². The number of amides is 1. The Morgan fingerprint density at radius 2 is 2.03 bits per heavy atom. The molecule has 4 rings (SSSR count). The van der Waals surface area contributed by atoms with Crippen molar-refractivity contribution in [2.45, 2.75) is 0 Å². The number of fused-ring (bicyclic) bond motifs is 1. The smallest absolute Gasteiger partial charge is 0.249 e. The van der Waals surface area contributed by atoms with Crippen LogP contribution in [0.15, 0.2) is 49.4 Å². The lowest BCUT2D eigenvalue weighted by molar-refractivity contribution is -0.111. The molecular formula is C20H11ClF2N4O2S. The number of nitrogens with one attached hydrogen (secondary N) is 1. The summed E-state index contributed by atoms with van der Waals surface area (Å²) >= 11 is 7.40. The van der Waals surface area contributed by atoms with E-state index in [0.717, 1.165) is 29.8 Å². The van der Waals surface area contributed by atoms with Gasteiger partial charge in [0, 0.05) is 17.1 Å². The molecule has 0 aliphatic carbocycles. The lowest BCUT2D eigenvalue weighted by Gasteiger charge is -2.12. The van der Waals surface area contributed by atoms with Gasteiger partial charge in [-0.15, -0.1) is 0 Å². The number of rotatable bonds is 4. The predicted molar refractivity (Wildman–Crippen MR) is 111 cm³/mol. The van der Waals surface area contributed by atoms with Gasteiger partial charge in [-0.3, -0.25) is 10.1 Å². The maximum atomic E-state index is 15.4. The van der Waals surface area contributed by atoms with E-state index in [4.69, 9.17) is 11.6 Å². The minimum absolute atomic E-state index is 0.105. The molecule has 0 spiro atoms. The molecule has 0 unspecified atom stereocenters. The van der Waals surface area contributed by atoms with Crippen molar-refractivity contribution in [1.82, 2.24) is 15.0 Å². The fraction of sp³-hybridized carbons (Fsp3) is 0. The van der Waals surface area contributed by atoms with Crippen LogP contribution in [0.1, 0.15) is 0 Å². The number of benzene rings is 2. The van der Waals surface area contributed by atoms with Gasteiger partial charge in [0.1, 0.15) is 23.4 Å². The van der Waals surface area contributed by atoms with Crippen LogP contribution >= 0.6 is 22.9 Å². The number of anilines is 1. The van der Waals surface area contributed by atoms with Crippen molar-refractivity contribution in [3.63, 3.8) is 0 Å². The van der Waals surface area contributed by atoms with Crippen molar-refractivity contribution >= 4 is 44.9 Å². The fourth-order valence-electron chi connectivity index (χ4n) is 2.91. The fourth-order valence-corrected chi connectivity index (χ4v) is 4.03. The van der Waals surface area contributed by atoms with E-state index in [1.54, 1.807) is 0 Å². The van der Waals surface area contributed by atoms with Crippen LogP contribution in [-0.2, 0) is 4.79 Å². The number of phenolic OH excluding ortho intramolecular Hbond substituents is 1. The van der Waals surface area contributed by atoms with Crippen molar-refractivity contribution in [3.8, 4) is 27.4 Å². The highest BCUT2D eigenvalue weighted by Crippen LogP contribution is 2.42. The first-order valence-corrected chi connectivity index (χ1v) is 9.60. The van der Waals surface area contributed by atoms with Crippen molar-refractivity contribution in [3.05, 3.63) is 66.1 Å². The summed E-state index contributed by atoms with van der Waals surface area (Å²) in [4.78, 5) is 24.2. The minimum Gasteiger partial charge on any atom is -0.507 e. The summed E-state index contributed by atoms with van der Waals surface area (Å²) in [6.07, 6.45) is 3.73. The van der Waals surface area contributed by atoms with Crippen LogP contribution in [0, 0.1) is 11.6 Å². The third-order valence-electron chi connectivity index (χ3n) is 4.22. The van der Waals surface area contributed by atoms with Gasteiger partial charge in [0.15, 0.2) is 10.9 Å². The first kappa shape index (κ1) is 19.9. The van der Waals surface area contributed by atoms with E-state index in [1.807, 2.05) is 0 Å². The van der Waals surface area contributed by atoms with Gasteiger partial charge in [-0.25, -0.2) is 23.7 Å². The first-order valence-electron chi connectivity index (χ1n) is 8.41. The highest BCUT2D eigenvalue weighted by molar-refractivity contribution is 7.19. The molecule has 0 saturated carbocycles. The number of thiazole rings is 1. The van der Waals surface area contributed by atoms with Gasteiger partial charge in [0.05, 0.1) is 21.2 Å². The van der Waals surface area contributed by atoms with E-state index in [-0.39, 0.29) is 27.1 Å². The maximum absolute atomic E-state index is 15.4. The zero-order valence-electron chi connectivity index (χ0n) is 15.0. The Bertz CT molecular complexity index is 1310. The quantitative estimate of drug-likeness (QED) is 0.423. The van der Waals surface area contributed by atoms with E-state index >= 15 is 4.39 Å². The van der Waals surface area contributed by atoms with Crippen molar-refractivity contribution in [1.29, 1.82) is 0 Å². The Morgan fingerprint density at radius 3 is 2.77 bits per heavy atom. The Morgan fingerprint density at radius 1 is 1.23 bits per heavy atom. The SMILES string of the molecule is C=CC(=O)Nc1ncc(-c2ncnc3c(F)c(-c4c(O)cccc4F)c(Cl)cc23)s1. The summed E-state index contributed by atoms with van der Waals surface area (Å²) < 4.78 is 29.7.